The van der Waals surface area contributed by atoms with Crippen LogP contribution in [0.3, 0.4) is 0 Å². The molecule has 1 aliphatic rings. The Labute approximate surface area is 115 Å². The molecule has 0 aromatic heterocycles. The second-order valence-electron chi connectivity index (χ2n) is 6.50. The molecule has 0 spiro atoms. The standard InChI is InChI=1S/C16H23NO2/c1-15(2,14(18)19)16(3,4)17-10-13(11-17)12-8-6-5-7-9-12/h5-9,13H,10-11H2,1-4H3,(H,18,19). The molecule has 1 heterocycles. The van der Waals surface area contributed by atoms with Gasteiger partial charge in [-0.1, -0.05) is 30.3 Å². The lowest BCUT2D eigenvalue weighted by molar-refractivity contribution is -0.158. The van der Waals surface area contributed by atoms with Crippen molar-refractivity contribution < 1.29 is 9.90 Å². The van der Waals surface area contributed by atoms with Crippen molar-refractivity contribution in [3.05, 3.63) is 35.9 Å². The maximum atomic E-state index is 11.4. The molecule has 1 fully saturated rings. The first-order valence-electron chi connectivity index (χ1n) is 6.80. The molecule has 0 aliphatic carbocycles. The molecule has 1 aromatic rings. The minimum absolute atomic E-state index is 0.343. The van der Waals surface area contributed by atoms with Gasteiger partial charge in [-0.15, -0.1) is 0 Å². The van der Waals surface area contributed by atoms with Gasteiger partial charge in [0.2, 0.25) is 0 Å². The summed E-state index contributed by atoms with van der Waals surface area (Å²) in [4.78, 5) is 13.7. The molecule has 104 valence electrons. The number of aliphatic carboxylic acids is 1. The highest BCUT2D eigenvalue weighted by molar-refractivity contribution is 5.75. The minimum atomic E-state index is -0.755. The zero-order valence-corrected chi connectivity index (χ0v) is 12.2. The third-order valence-electron chi connectivity index (χ3n) is 5.01. The lowest BCUT2D eigenvalue weighted by Crippen LogP contribution is -2.63. The van der Waals surface area contributed by atoms with Crippen LogP contribution in [0, 0.1) is 5.41 Å². The molecule has 1 aromatic carbocycles. The molecule has 3 heteroatoms. The van der Waals surface area contributed by atoms with Crippen LogP contribution in [0.4, 0.5) is 0 Å². The summed E-state index contributed by atoms with van der Waals surface area (Å²) >= 11 is 0. The fourth-order valence-corrected chi connectivity index (χ4v) is 2.53. The Morgan fingerprint density at radius 3 is 2.16 bits per heavy atom. The number of hydrogen-bond donors (Lipinski definition) is 1. The van der Waals surface area contributed by atoms with Gasteiger partial charge in [0.05, 0.1) is 5.41 Å². The van der Waals surface area contributed by atoms with Gasteiger partial charge in [-0.25, -0.2) is 0 Å². The number of likely N-dealkylation sites (tertiary alicyclic amines) is 1. The van der Waals surface area contributed by atoms with Crippen molar-refractivity contribution in [2.45, 2.75) is 39.2 Å². The Hall–Kier alpha value is -1.35. The fraction of sp³-hybridized carbons (Fsp3) is 0.562. The molecule has 0 atom stereocenters. The van der Waals surface area contributed by atoms with Crippen LogP contribution >= 0.6 is 0 Å². The normalized spacial score (nSPS) is 18.1. The van der Waals surface area contributed by atoms with Gasteiger partial charge in [-0.2, -0.15) is 0 Å². The molecule has 0 unspecified atom stereocenters. The predicted octanol–water partition coefficient (Wildman–Crippen LogP) is 2.98. The summed E-state index contributed by atoms with van der Waals surface area (Å²) < 4.78 is 0. The van der Waals surface area contributed by atoms with E-state index in [0.717, 1.165) is 13.1 Å². The third-order valence-corrected chi connectivity index (χ3v) is 5.01. The molecule has 1 N–H and O–H groups in total. The molecule has 0 saturated carbocycles. The Balaban J connectivity index is 2.06. The summed E-state index contributed by atoms with van der Waals surface area (Å²) in [7, 11) is 0. The van der Waals surface area contributed by atoms with Crippen molar-refractivity contribution in [3.8, 4) is 0 Å². The monoisotopic (exact) mass is 261 g/mol. The molecule has 0 radical (unpaired) electrons. The van der Waals surface area contributed by atoms with Crippen LogP contribution in [0.25, 0.3) is 0 Å². The Kier molecular flexibility index (Phi) is 3.43. The molecule has 3 nitrogen and oxygen atoms in total. The van der Waals surface area contributed by atoms with Crippen LogP contribution in [-0.4, -0.2) is 34.6 Å². The smallest absolute Gasteiger partial charge is 0.310 e. The van der Waals surface area contributed by atoms with Crippen molar-refractivity contribution in [2.75, 3.05) is 13.1 Å². The van der Waals surface area contributed by atoms with E-state index in [-0.39, 0.29) is 5.54 Å². The molecular formula is C16H23NO2. The van der Waals surface area contributed by atoms with Gasteiger partial charge in [0.1, 0.15) is 0 Å². The average Bonchev–Trinajstić information content (AvgIpc) is 2.27. The zero-order valence-electron chi connectivity index (χ0n) is 12.2. The van der Waals surface area contributed by atoms with Gasteiger partial charge in [0, 0.05) is 24.5 Å². The first-order valence-corrected chi connectivity index (χ1v) is 6.80. The van der Waals surface area contributed by atoms with Crippen molar-refractivity contribution >= 4 is 5.97 Å². The number of carboxylic acids is 1. The highest BCUT2D eigenvalue weighted by Crippen LogP contribution is 2.42. The Morgan fingerprint density at radius 1 is 1.16 bits per heavy atom. The molecule has 1 aliphatic heterocycles. The number of rotatable bonds is 4. The summed E-state index contributed by atoms with van der Waals surface area (Å²) in [6.45, 7) is 9.56. The quantitative estimate of drug-likeness (QED) is 0.906. The Bertz CT molecular complexity index is 459. The number of nitrogens with zero attached hydrogens (tertiary/aromatic N) is 1. The van der Waals surface area contributed by atoms with Gasteiger partial charge in [0.25, 0.3) is 0 Å². The molecular weight excluding hydrogens is 238 g/mol. The van der Waals surface area contributed by atoms with Gasteiger partial charge < -0.3 is 5.11 Å². The van der Waals surface area contributed by atoms with Crippen LogP contribution in [0.15, 0.2) is 30.3 Å². The van der Waals surface area contributed by atoms with Crippen LogP contribution in [0.1, 0.15) is 39.2 Å². The molecule has 19 heavy (non-hydrogen) atoms. The largest absolute Gasteiger partial charge is 0.481 e. The van der Waals surface area contributed by atoms with Gasteiger partial charge in [-0.05, 0) is 33.3 Å². The number of carbonyl (C=O) groups is 1. The van der Waals surface area contributed by atoms with Gasteiger partial charge in [-0.3, -0.25) is 9.69 Å². The zero-order chi connectivity index (χ0) is 14.3. The van der Waals surface area contributed by atoms with Gasteiger partial charge in [0.15, 0.2) is 0 Å². The lowest BCUT2D eigenvalue weighted by atomic mass is 9.70. The molecule has 0 bridgehead atoms. The van der Waals surface area contributed by atoms with E-state index < -0.39 is 11.4 Å². The predicted molar refractivity (Wildman–Crippen MR) is 76.3 cm³/mol. The lowest BCUT2D eigenvalue weighted by Gasteiger charge is -2.54. The van der Waals surface area contributed by atoms with Crippen molar-refractivity contribution in [1.29, 1.82) is 0 Å². The van der Waals surface area contributed by atoms with E-state index in [4.69, 9.17) is 0 Å². The van der Waals surface area contributed by atoms with E-state index in [9.17, 15) is 9.90 Å². The van der Waals surface area contributed by atoms with E-state index in [1.807, 2.05) is 33.8 Å². The average molecular weight is 261 g/mol. The van der Waals surface area contributed by atoms with Crippen LogP contribution < -0.4 is 0 Å². The van der Waals surface area contributed by atoms with Crippen LogP contribution in [0.5, 0.6) is 0 Å². The maximum absolute atomic E-state index is 11.4. The number of benzene rings is 1. The summed E-state index contributed by atoms with van der Waals surface area (Å²) in [6, 6.07) is 10.4. The van der Waals surface area contributed by atoms with E-state index in [2.05, 4.69) is 29.2 Å². The van der Waals surface area contributed by atoms with Crippen molar-refractivity contribution in [2.24, 2.45) is 5.41 Å². The van der Waals surface area contributed by atoms with Gasteiger partial charge >= 0.3 is 5.97 Å². The van der Waals surface area contributed by atoms with Crippen LogP contribution in [-0.2, 0) is 4.79 Å². The number of carboxylic acid groups (broad SMARTS) is 1. The molecule has 1 saturated heterocycles. The molecule has 0 amide bonds. The summed E-state index contributed by atoms with van der Waals surface area (Å²) in [5, 5.41) is 9.40. The van der Waals surface area contributed by atoms with E-state index in [1.54, 1.807) is 0 Å². The fourth-order valence-electron chi connectivity index (χ4n) is 2.53. The van der Waals surface area contributed by atoms with Crippen LogP contribution in [0.2, 0.25) is 0 Å². The van der Waals surface area contributed by atoms with Crippen molar-refractivity contribution in [1.82, 2.24) is 4.90 Å². The second-order valence-corrected chi connectivity index (χ2v) is 6.50. The summed E-state index contributed by atoms with van der Waals surface area (Å²) in [5.74, 6) is -0.203. The highest BCUT2D eigenvalue weighted by atomic mass is 16.4. The Morgan fingerprint density at radius 2 is 1.68 bits per heavy atom. The van der Waals surface area contributed by atoms with E-state index in [0.29, 0.717) is 5.92 Å². The van der Waals surface area contributed by atoms with E-state index >= 15 is 0 Å². The second kappa shape index (κ2) is 4.64. The first kappa shape index (κ1) is 14.1. The minimum Gasteiger partial charge on any atom is -0.481 e. The van der Waals surface area contributed by atoms with E-state index in [1.165, 1.54) is 5.56 Å². The summed E-state index contributed by atoms with van der Waals surface area (Å²) in [5.41, 5.74) is 0.251. The number of hydrogen-bond acceptors (Lipinski definition) is 2. The van der Waals surface area contributed by atoms with Crippen molar-refractivity contribution in [3.63, 3.8) is 0 Å². The summed E-state index contributed by atoms with van der Waals surface area (Å²) in [6.07, 6.45) is 0. The third kappa shape index (κ3) is 2.27. The highest BCUT2D eigenvalue weighted by Gasteiger charge is 2.50. The SMILES string of the molecule is CC(C)(C(=O)O)C(C)(C)N1CC(c2ccccc2)C1. The first-order chi connectivity index (χ1) is 8.76. The maximum Gasteiger partial charge on any atom is 0.310 e. The molecule has 2 rings (SSSR count). The topological polar surface area (TPSA) is 40.5 Å².